The Morgan fingerprint density at radius 3 is 2.62 bits per heavy atom. The van der Waals surface area contributed by atoms with Crippen LogP contribution in [-0.4, -0.2) is 21.2 Å². The molecule has 0 saturated heterocycles. The van der Waals surface area contributed by atoms with E-state index in [1.807, 2.05) is 13.0 Å². The zero-order chi connectivity index (χ0) is 12.3. The Morgan fingerprint density at radius 2 is 2.19 bits per heavy atom. The number of nitrogens with zero attached hydrogens (tertiary/aromatic N) is 1. The van der Waals surface area contributed by atoms with E-state index in [-0.39, 0.29) is 15.5 Å². The monoisotopic (exact) mass is 259 g/mol. The van der Waals surface area contributed by atoms with Gasteiger partial charge in [0.05, 0.1) is 5.69 Å². The number of rotatable bonds is 4. The Hall–Kier alpha value is -1.26. The number of nitriles is 1. The third kappa shape index (κ3) is 2.46. The van der Waals surface area contributed by atoms with E-state index in [0.717, 1.165) is 24.0 Å². The Labute approximate surface area is 98.8 Å². The van der Waals surface area contributed by atoms with Gasteiger partial charge in [0.2, 0.25) is 0 Å². The van der Waals surface area contributed by atoms with Crippen LogP contribution in [0.5, 0.6) is 0 Å². The normalized spacial score (nSPS) is 11.1. The molecule has 0 atom stereocenters. The summed E-state index contributed by atoms with van der Waals surface area (Å²) in [6.45, 7) is 2.61. The van der Waals surface area contributed by atoms with Gasteiger partial charge in [-0.1, -0.05) is 6.92 Å². The highest BCUT2D eigenvalue weighted by atomic mass is 32.2. The fourth-order valence-corrected chi connectivity index (χ4v) is 3.63. The molecule has 0 unspecified atom stereocenters. The number of sulfone groups is 1. The zero-order valence-corrected chi connectivity index (χ0v) is 10.7. The van der Waals surface area contributed by atoms with E-state index in [4.69, 9.17) is 11.0 Å². The molecule has 0 spiro atoms. The van der Waals surface area contributed by atoms with Crippen molar-refractivity contribution in [1.82, 2.24) is 0 Å². The lowest BCUT2D eigenvalue weighted by atomic mass is 10.4. The average molecular weight is 259 g/mol. The molecule has 0 bridgehead atoms. The largest absolute Gasteiger partial charge is 0.396 e. The summed E-state index contributed by atoms with van der Waals surface area (Å²) >= 11 is 1.08. The quantitative estimate of drug-likeness (QED) is 0.852. The average Bonchev–Trinajstić information content (AvgIpc) is 2.51. The van der Waals surface area contributed by atoms with Crippen LogP contribution in [0.1, 0.15) is 18.2 Å². The van der Waals surface area contributed by atoms with Gasteiger partial charge in [0.15, 0.2) is 9.84 Å². The molecule has 7 heteroatoms. The lowest BCUT2D eigenvalue weighted by Gasteiger charge is -2.04. The fourth-order valence-electron chi connectivity index (χ4n) is 1.23. The first kappa shape index (κ1) is 12.8. The molecule has 0 saturated carbocycles. The fraction of sp³-hybridized carbons (Fsp3) is 0.444. The van der Waals surface area contributed by atoms with Crippen molar-refractivity contribution in [2.75, 3.05) is 23.9 Å². The van der Waals surface area contributed by atoms with Crippen molar-refractivity contribution in [3.63, 3.8) is 0 Å². The van der Waals surface area contributed by atoms with E-state index in [2.05, 4.69) is 5.32 Å². The first-order valence-corrected chi connectivity index (χ1v) is 7.38. The molecule has 0 aromatic carbocycles. The summed E-state index contributed by atoms with van der Waals surface area (Å²) in [5.41, 5.74) is 5.69. The van der Waals surface area contributed by atoms with Gasteiger partial charge in [-0.25, -0.2) is 8.42 Å². The number of thiophene rings is 1. The van der Waals surface area contributed by atoms with Crippen LogP contribution in [0.4, 0.5) is 10.7 Å². The molecular formula is C9H13N3O2S2. The van der Waals surface area contributed by atoms with E-state index in [0.29, 0.717) is 11.5 Å². The highest BCUT2D eigenvalue weighted by molar-refractivity contribution is 7.91. The number of nitrogens with one attached hydrogen (secondary N) is 1. The van der Waals surface area contributed by atoms with Gasteiger partial charge in [0.1, 0.15) is 20.8 Å². The summed E-state index contributed by atoms with van der Waals surface area (Å²) in [6, 6.07) is 1.89. The van der Waals surface area contributed by atoms with Crippen molar-refractivity contribution in [1.29, 1.82) is 5.26 Å². The molecule has 0 aliphatic rings. The number of anilines is 2. The third-order valence-corrected chi connectivity index (χ3v) is 4.27. The minimum absolute atomic E-state index is 0.0440. The highest BCUT2D eigenvalue weighted by Crippen LogP contribution is 2.38. The maximum absolute atomic E-state index is 11.5. The lowest BCUT2D eigenvalue weighted by molar-refractivity contribution is 0.603. The molecule has 0 aliphatic carbocycles. The Bertz CT molecular complexity index is 526. The van der Waals surface area contributed by atoms with E-state index in [1.165, 1.54) is 0 Å². The topological polar surface area (TPSA) is 96.0 Å². The van der Waals surface area contributed by atoms with Gasteiger partial charge in [-0.3, -0.25) is 0 Å². The first-order chi connectivity index (χ1) is 7.41. The maximum Gasteiger partial charge on any atom is 0.180 e. The van der Waals surface area contributed by atoms with Crippen molar-refractivity contribution >= 4 is 31.9 Å². The highest BCUT2D eigenvalue weighted by Gasteiger charge is 2.23. The SMILES string of the molecule is CCCNc1sc(C#N)c(N)c1S(C)(=O)=O. The molecule has 0 aliphatic heterocycles. The summed E-state index contributed by atoms with van der Waals surface area (Å²) in [7, 11) is -3.41. The molecule has 0 radical (unpaired) electrons. The Morgan fingerprint density at radius 1 is 1.56 bits per heavy atom. The molecule has 1 heterocycles. The molecular weight excluding hydrogens is 246 g/mol. The standard InChI is InChI=1S/C9H13N3O2S2/c1-3-4-12-9-8(16(2,13)14)7(11)6(5-10)15-9/h12H,3-4,11H2,1-2H3. The van der Waals surface area contributed by atoms with Gasteiger partial charge in [-0.05, 0) is 6.42 Å². The van der Waals surface area contributed by atoms with Crippen molar-refractivity contribution in [2.45, 2.75) is 18.2 Å². The Balaban J connectivity index is 3.33. The van der Waals surface area contributed by atoms with Crippen molar-refractivity contribution in [3.05, 3.63) is 4.88 Å². The third-order valence-electron chi connectivity index (χ3n) is 1.91. The van der Waals surface area contributed by atoms with Crippen LogP contribution in [0.2, 0.25) is 0 Å². The van der Waals surface area contributed by atoms with Crippen molar-refractivity contribution < 1.29 is 8.42 Å². The molecule has 1 aromatic heterocycles. The second kappa shape index (κ2) is 4.72. The molecule has 0 fully saturated rings. The van der Waals surface area contributed by atoms with Gasteiger partial charge in [-0.15, -0.1) is 11.3 Å². The van der Waals surface area contributed by atoms with Crippen molar-refractivity contribution in [3.8, 4) is 6.07 Å². The number of hydrogen-bond acceptors (Lipinski definition) is 6. The molecule has 1 rings (SSSR count). The number of nitrogen functional groups attached to an aromatic ring is 1. The minimum Gasteiger partial charge on any atom is -0.396 e. The molecule has 1 aromatic rings. The van der Waals surface area contributed by atoms with E-state index in [1.54, 1.807) is 0 Å². The summed E-state index contributed by atoms with van der Waals surface area (Å²) in [6.07, 6.45) is 1.95. The summed E-state index contributed by atoms with van der Waals surface area (Å²) in [5.74, 6) is 0. The molecule has 3 N–H and O–H groups in total. The van der Waals surface area contributed by atoms with Gasteiger partial charge >= 0.3 is 0 Å². The van der Waals surface area contributed by atoms with Crippen LogP contribution in [0.25, 0.3) is 0 Å². The lowest BCUT2D eigenvalue weighted by Crippen LogP contribution is -2.06. The van der Waals surface area contributed by atoms with Crippen LogP contribution in [-0.2, 0) is 9.84 Å². The smallest absolute Gasteiger partial charge is 0.180 e. The molecule has 16 heavy (non-hydrogen) atoms. The Kier molecular flexibility index (Phi) is 3.78. The number of nitrogens with two attached hydrogens (primary N) is 1. The second-order valence-corrected chi connectivity index (χ2v) is 6.29. The van der Waals surface area contributed by atoms with Crippen molar-refractivity contribution in [2.24, 2.45) is 0 Å². The van der Waals surface area contributed by atoms with E-state index >= 15 is 0 Å². The summed E-state index contributed by atoms with van der Waals surface area (Å²) < 4.78 is 23.1. The molecule has 88 valence electrons. The van der Waals surface area contributed by atoms with Gasteiger partial charge in [0.25, 0.3) is 0 Å². The van der Waals surface area contributed by atoms with Crippen LogP contribution in [0.3, 0.4) is 0 Å². The van der Waals surface area contributed by atoms with Crippen LogP contribution < -0.4 is 11.1 Å². The molecule has 0 amide bonds. The van der Waals surface area contributed by atoms with Crippen LogP contribution in [0, 0.1) is 11.3 Å². The number of hydrogen-bond donors (Lipinski definition) is 2. The van der Waals surface area contributed by atoms with Crippen LogP contribution in [0.15, 0.2) is 4.90 Å². The van der Waals surface area contributed by atoms with E-state index < -0.39 is 9.84 Å². The second-order valence-electron chi connectivity index (χ2n) is 3.31. The zero-order valence-electron chi connectivity index (χ0n) is 9.07. The van der Waals surface area contributed by atoms with Gasteiger partial charge in [-0.2, -0.15) is 5.26 Å². The summed E-state index contributed by atoms with van der Waals surface area (Å²) in [5, 5.41) is 12.2. The van der Waals surface area contributed by atoms with E-state index in [9.17, 15) is 8.42 Å². The molecule has 5 nitrogen and oxygen atoms in total. The summed E-state index contributed by atoms with van der Waals surface area (Å²) in [4.78, 5) is 0.279. The predicted octanol–water partition coefficient (Wildman–Crippen LogP) is 1.43. The predicted molar refractivity (Wildman–Crippen MR) is 65.3 cm³/mol. The minimum atomic E-state index is -3.41. The van der Waals surface area contributed by atoms with Crippen LogP contribution >= 0.6 is 11.3 Å². The van der Waals surface area contributed by atoms with Gasteiger partial charge < -0.3 is 11.1 Å². The van der Waals surface area contributed by atoms with Gasteiger partial charge in [0, 0.05) is 12.8 Å². The maximum atomic E-state index is 11.5. The first-order valence-electron chi connectivity index (χ1n) is 4.68.